The molecule has 2 fully saturated rings. The van der Waals surface area contributed by atoms with Crippen LogP contribution in [0.2, 0.25) is 0 Å². The Bertz CT molecular complexity index is 1380. The zero-order chi connectivity index (χ0) is 23.5. The van der Waals surface area contributed by atoms with E-state index < -0.39 is 15.8 Å². The molecule has 3 aliphatic rings. The molecule has 4 nitrogen and oxygen atoms in total. The first-order chi connectivity index (χ1) is 16.4. The first-order valence-corrected chi connectivity index (χ1v) is 13.3. The molecule has 1 heterocycles. The van der Waals surface area contributed by atoms with Gasteiger partial charge < -0.3 is 4.74 Å². The third-order valence-electron chi connectivity index (χ3n) is 7.67. The zero-order valence-corrected chi connectivity index (χ0v) is 19.8. The fourth-order valence-corrected chi connectivity index (χ4v) is 7.27. The number of ether oxygens (including phenoxy) is 1. The van der Waals surface area contributed by atoms with Crippen molar-refractivity contribution in [1.82, 2.24) is 0 Å². The molecule has 1 saturated heterocycles. The Balaban J connectivity index is 1.57. The van der Waals surface area contributed by atoms with Crippen LogP contribution in [0, 0.1) is 18.7 Å². The highest BCUT2D eigenvalue weighted by molar-refractivity contribution is 7.90. The maximum absolute atomic E-state index is 14.5. The number of benzene rings is 3. The van der Waals surface area contributed by atoms with Crippen LogP contribution in [0.15, 0.2) is 82.1 Å². The van der Waals surface area contributed by atoms with Crippen molar-refractivity contribution in [3.05, 3.63) is 101 Å². The Hall–Kier alpha value is -2.83. The Kier molecular flexibility index (Phi) is 5.01. The van der Waals surface area contributed by atoms with Crippen molar-refractivity contribution in [2.24, 2.45) is 10.3 Å². The average molecular weight is 476 g/mol. The van der Waals surface area contributed by atoms with Crippen molar-refractivity contribution >= 4 is 15.7 Å². The van der Waals surface area contributed by atoms with E-state index >= 15 is 0 Å². The quantitative estimate of drug-likeness (QED) is 0.459. The third-order valence-corrected chi connectivity index (χ3v) is 8.98. The smallest absolute Gasteiger partial charge is 0.282 e. The van der Waals surface area contributed by atoms with E-state index in [2.05, 4.69) is 4.40 Å². The van der Waals surface area contributed by atoms with E-state index in [9.17, 15) is 12.8 Å². The lowest BCUT2D eigenvalue weighted by molar-refractivity contribution is -0.0459. The molecule has 1 spiro atoms. The second-order valence-electron chi connectivity index (χ2n) is 9.72. The van der Waals surface area contributed by atoms with E-state index in [1.54, 1.807) is 30.3 Å². The zero-order valence-electron chi connectivity index (χ0n) is 18.9. The summed E-state index contributed by atoms with van der Waals surface area (Å²) in [5.74, 6) is -0.739. The molecule has 0 bridgehead atoms. The van der Waals surface area contributed by atoms with Gasteiger partial charge in [0.05, 0.1) is 22.3 Å². The van der Waals surface area contributed by atoms with Crippen LogP contribution in [-0.4, -0.2) is 19.7 Å². The number of aryl methyl sites for hydroxylation is 1. The molecule has 6 rings (SSSR count). The lowest BCUT2D eigenvalue weighted by atomic mass is 9.77. The van der Waals surface area contributed by atoms with Crippen molar-refractivity contribution in [2.75, 3.05) is 0 Å². The standard InChI is InChI=1S/C28H26FNO3S/c1-18-9-12-21(13-10-18)34(31,32)30-26-23-17-20(29)11-14-22(23)25-24(26)27(19-7-3-2-4-8-19)33-28(25)15-5-6-16-28/h2-4,7-14,17,24-25,27H,5-6,15-16H2,1H3/b30-26+/t24-,25-,27+/m0/s1. The van der Waals surface area contributed by atoms with E-state index in [-0.39, 0.29) is 28.4 Å². The number of nitrogens with zero attached hydrogens (tertiary/aromatic N) is 1. The van der Waals surface area contributed by atoms with Gasteiger partial charge in [-0.05, 0) is 55.2 Å². The van der Waals surface area contributed by atoms with Gasteiger partial charge in [0.25, 0.3) is 10.0 Å². The molecule has 34 heavy (non-hydrogen) atoms. The van der Waals surface area contributed by atoms with E-state index in [1.165, 1.54) is 12.1 Å². The summed E-state index contributed by atoms with van der Waals surface area (Å²) in [6, 6.07) is 21.3. The average Bonchev–Trinajstić information content (AvgIpc) is 3.51. The summed E-state index contributed by atoms with van der Waals surface area (Å²) in [6.45, 7) is 1.91. The number of halogens is 1. The van der Waals surface area contributed by atoms with Crippen molar-refractivity contribution in [3.8, 4) is 0 Å². The minimum atomic E-state index is -3.99. The summed E-state index contributed by atoms with van der Waals surface area (Å²) >= 11 is 0. The molecule has 1 saturated carbocycles. The maximum atomic E-state index is 14.5. The molecule has 1 aliphatic heterocycles. The fourth-order valence-electron chi connectivity index (χ4n) is 6.20. The molecule has 174 valence electrons. The summed E-state index contributed by atoms with van der Waals surface area (Å²) in [5.41, 5.74) is 3.54. The first kappa shape index (κ1) is 21.7. The monoisotopic (exact) mass is 475 g/mol. The molecule has 0 amide bonds. The van der Waals surface area contributed by atoms with Crippen LogP contribution in [0.4, 0.5) is 4.39 Å². The van der Waals surface area contributed by atoms with Gasteiger partial charge in [0.2, 0.25) is 0 Å². The van der Waals surface area contributed by atoms with Gasteiger partial charge in [-0.1, -0.05) is 66.9 Å². The van der Waals surface area contributed by atoms with E-state index in [0.29, 0.717) is 11.3 Å². The number of rotatable bonds is 3. The van der Waals surface area contributed by atoms with Gasteiger partial charge in [-0.25, -0.2) is 4.39 Å². The number of fused-ring (bicyclic) bond motifs is 4. The number of sulfonamides is 1. The van der Waals surface area contributed by atoms with Crippen molar-refractivity contribution in [3.63, 3.8) is 0 Å². The van der Waals surface area contributed by atoms with Gasteiger partial charge in [-0.2, -0.15) is 12.8 Å². The molecule has 3 aromatic carbocycles. The van der Waals surface area contributed by atoms with Crippen LogP contribution in [-0.2, 0) is 14.8 Å². The Morgan fingerprint density at radius 1 is 0.971 bits per heavy atom. The molecular weight excluding hydrogens is 449 g/mol. The minimum Gasteiger partial charge on any atom is -0.366 e. The normalized spacial score (nSPS) is 26.2. The van der Waals surface area contributed by atoms with Crippen LogP contribution in [0.25, 0.3) is 0 Å². The van der Waals surface area contributed by atoms with Crippen LogP contribution in [0.3, 0.4) is 0 Å². The second kappa shape index (κ2) is 7.85. The second-order valence-corrected chi connectivity index (χ2v) is 11.3. The summed E-state index contributed by atoms with van der Waals surface area (Å²) in [4.78, 5) is 0.137. The highest BCUT2D eigenvalue weighted by Gasteiger charge is 2.61. The lowest BCUT2D eigenvalue weighted by Crippen LogP contribution is -2.31. The largest absolute Gasteiger partial charge is 0.366 e. The first-order valence-electron chi connectivity index (χ1n) is 11.8. The lowest BCUT2D eigenvalue weighted by Gasteiger charge is -2.30. The predicted molar refractivity (Wildman–Crippen MR) is 129 cm³/mol. The topological polar surface area (TPSA) is 55.7 Å². The number of hydrogen-bond donors (Lipinski definition) is 0. The summed E-state index contributed by atoms with van der Waals surface area (Å²) in [6.07, 6.45) is 3.61. The Labute approximate surface area is 199 Å². The molecule has 3 aromatic rings. The third kappa shape index (κ3) is 3.35. The van der Waals surface area contributed by atoms with E-state index in [4.69, 9.17) is 4.74 Å². The maximum Gasteiger partial charge on any atom is 0.282 e. The molecule has 6 heteroatoms. The molecule has 2 aliphatic carbocycles. The Morgan fingerprint density at radius 3 is 2.38 bits per heavy atom. The molecule has 3 atom stereocenters. The van der Waals surface area contributed by atoms with Crippen LogP contribution in [0.1, 0.15) is 60.0 Å². The predicted octanol–water partition coefficient (Wildman–Crippen LogP) is 6.11. The van der Waals surface area contributed by atoms with Crippen molar-refractivity contribution in [1.29, 1.82) is 0 Å². The van der Waals surface area contributed by atoms with Crippen LogP contribution in [0.5, 0.6) is 0 Å². The molecule has 0 radical (unpaired) electrons. The highest BCUT2D eigenvalue weighted by Crippen LogP contribution is 2.63. The molecule has 0 N–H and O–H groups in total. The van der Waals surface area contributed by atoms with Gasteiger partial charge in [0.1, 0.15) is 5.82 Å². The SMILES string of the molecule is Cc1ccc(S(=O)(=O)/N=C2\c3cc(F)ccc3[C@H]3[C@@H]2[C@@H](c2ccccc2)OC32CCCC2)cc1. The fraction of sp³-hybridized carbons (Fsp3) is 0.321. The summed E-state index contributed by atoms with van der Waals surface area (Å²) in [7, 11) is -3.99. The summed E-state index contributed by atoms with van der Waals surface area (Å²) in [5, 5.41) is 0. The minimum absolute atomic E-state index is 0.0530. The molecular formula is C28H26FNO3S. The van der Waals surface area contributed by atoms with E-state index in [1.807, 2.05) is 37.3 Å². The van der Waals surface area contributed by atoms with Gasteiger partial charge in [0, 0.05) is 17.4 Å². The van der Waals surface area contributed by atoms with Crippen LogP contribution >= 0.6 is 0 Å². The van der Waals surface area contributed by atoms with Gasteiger partial charge in [-0.3, -0.25) is 0 Å². The highest BCUT2D eigenvalue weighted by atomic mass is 32.2. The van der Waals surface area contributed by atoms with Gasteiger partial charge in [0.15, 0.2) is 0 Å². The molecule has 0 aromatic heterocycles. The van der Waals surface area contributed by atoms with E-state index in [0.717, 1.165) is 42.4 Å². The van der Waals surface area contributed by atoms with Gasteiger partial charge >= 0.3 is 0 Å². The number of hydrogen-bond acceptors (Lipinski definition) is 3. The molecule has 0 unspecified atom stereocenters. The van der Waals surface area contributed by atoms with Crippen molar-refractivity contribution < 1.29 is 17.5 Å². The Morgan fingerprint density at radius 2 is 1.68 bits per heavy atom. The van der Waals surface area contributed by atoms with Crippen molar-refractivity contribution in [2.45, 2.75) is 55.1 Å². The van der Waals surface area contributed by atoms with Crippen LogP contribution < -0.4 is 0 Å². The summed E-state index contributed by atoms with van der Waals surface area (Å²) < 4.78 is 52.6. The van der Waals surface area contributed by atoms with Gasteiger partial charge in [-0.15, -0.1) is 0 Å².